The summed E-state index contributed by atoms with van der Waals surface area (Å²) in [5.74, 6) is 0.265. The summed E-state index contributed by atoms with van der Waals surface area (Å²) in [6.45, 7) is 0. The van der Waals surface area contributed by atoms with Crippen molar-refractivity contribution < 1.29 is 4.79 Å². The molecule has 0 aromatic rings. The second-order valence-corrected chi connectivity index (χ2v) is 3.16. The Morgan fingerprint density at radius 2 is 1.58 bits per heavy atom. The van der Waals surface area contributed by atoms with Crippen LogP contribution in [-0.2, 0) is 4.79 Å². The minimum Gasteiger partial charge on any atom is -0.295 e. The van der Waals surface area contributed by atoms with Gasteiger partial charge >= 0.3 is 0 Å². The van der Waals surface area contributed by atoms with Gasteiger partial charge < -0.3 is 0 Å². The van der Waals surface area contributed by atoms with E-state index in [0.29, 0.717) is 6.42 Å². The normalized spacial score (nSPS) is 25.8. The van der Waals surface area contributed by atoms with Crippen molar-refractivity contribution in [1.82, 2.24) is 0 Å². The van der Waals surface area contributed by atoms with Crippen LogP contribution in [0.15, 0.2) is 24.3 Å². The molecule has 0 aromatic heterocycles. The van der Waals surface area contributed by atoms with Crippen LogP contribution in [0.5, 0.6) is 0 Å². The van der Waals surface area contributed by atoms with E-state index in [2.05, 4.69) is 12.2 Å². The molecule has 0 saturated carbocycles. The van der Waals surface area contributed by atoms with E-state index in [0.717, 1.165) is 12.8 Å². The Morgan fingerprint density at radius 1 is 0.917 bits per heavy atom. The van der Waals surface area contributed by atoms with E-state index >= 15 is 0 Å². The fraction of sp³-hybridized carbons (Fsp3) is 0.545. The molecule has 0 atom stereocenters. The first-order valence-corrected chi connectivity index (χ1v) is 4.74. The highest BCUT2D eigenvalue weighted by Crippen LogP contribution is 2.05. The van der Waals surface area contributed by atoms with Crippen LogP contribution in [0.1, 0.15) is 38.5 Å². The lowest BCUT2D eigenvalue weighted by molar-refractivity contribution is -0.114. The summed E-state index contributed by atoms with van der Waals surface area (Å²) in [5, 5.41) is 0. The summed E-state index contributed by atoms with van der Waals surface area (Å²) in [4.78, 5) is 11.1. The van der Waals surface area contributed by atoms with Crippen LogP contribution < -0.4 is 0 Å². The third kappa shape index (κ3) is 4.12. The predicted octanol–water partition coefficient (Wildman–Crippen LogP) is 3.02. The highest BCUT2D eigenvalue weighted by molar-refractivity contribution is 5.89. The maximum atomic E-state index is 11.1. The first-order valence-electron chi connectivity index (χ1n) is 4.74. The molecule has 0 aromatic carbocycles. The SMILES string of the molecule is O=C1/C=C\CCCC/C=C\CC1. The molecule has 0 bridgehead atoms. The average molecular weight is 164 g/mol. The lowest BCUT2D eigenvalue weighted by atomic mass is 10.2. The number of hydrogen-bond donors (Lipinski definition) is 0. The Bertz CT molecular complexity index is 189. The molecule has 0 N–H and O–H groups in total. The minimum absolute atomic E-state index is 0.265. The molecule has 0 radical (unpaired) electrons. The molecule has 1 heteroatoms. The van der Waals surface area contributed by atoms with Gasteiger partial charge in [-0.15, -0.1) is 0 Å². The number of carbonyl (C=O) groups is 1. The molecule has 1 aliphatic carbocycles. The Morgan fingerprint density at radius 3 is 2.42 bits per heavy atom. The third-order valence-corrected chi connectivity index (χ3v) is 2.02. The topological polar surface area (TPSA) is 17.1 Å². The van der Waals surface area contributed by atoms with Crippen molar-refractivity contribution in [2.75, 3.05) is 0 Å². The average Bonchev–Trinajstić information content (AvgIpc) is 2.11. The fourth-order valence-corrected chi connectivity index (χ4v) is 1.28. The van der Waals surface area contributed by atoms with E-state index in [9.17, 15) is 4.79 Å². The van der Waals surface area contributed by atoms with Crippen LogP contribution in [0, 0.1) is 0 Å². The van der Waals surface area contributed by atoms with Gasteiger partial charge in [-0.05, 0) is 38.2 Å². The van der Waals surface area contributed by atoms with Gasteiger partial charge in [-0.3, -0.25) is 4.79 Å². The van der Waals surface area contributed by atoms with Crippen LogP contribution in [0.25, 0.3) is 0 Å². The molecule has 66 valence electrons. The van der Waals surface area contributed by atoms with Crippen molar-refractivity contribution in [1.29, 1.82) is 0 Å². The Labute approximate surface area is 74.2 Å². The molecule has 0 amide bonds. The highest BCUT2D eigenvalue weighted by Gasteiger charge is 1.94. The lowest BCUT2D eigenvalue weighted by Gasteiger charge is -1.90. The zero-order valence-electron chi connectivity index (χ0n) is 7.46. The predicted molar refractivity (Wildman–Crippen MR) is 51.0 cm³/mol. The molecular formula is C11H16O. The molecule has 12 heavy (non-hydrogen) atoms. The number of ketones is 1. The van der Waals surface area contributed by atoms with Crippen LogP contribution in [0.2, 0.25) is 0 Å². The van der Waals surface area contributed by atoms with Crippen molar-refractivity contribution in [2.24, 2.45) is 0 Å². The third-order valence-electron chi connectivity index (χ3n) is 2.02. The lowest BCUT2D eigenvalue weighted by Crippen LogP contribution is -1.89. The largest absolute Gasteiger partial charge is 0.295 e. The molecule has 0 spiro atoms. The summed E-state index contributed by atoms with van der Waals surface area (Å²) < 4.78 is 0. The zero-order valence-corrected chi connectivity index (χ0v) is 7.46. The zero-order chi connectivity index (χ0) is 8.65. The van der Waals surface area contributed by atoms with Crippen LogP contribution >= 0.6 is 0 Å². The summed E-state index contributed by atoms with van der Waals surface area (Å²) in [5.41, 5.74) is 0. The Hall–Kier alpha value is -0.850. The number of allylic oxidation sites excluding steroid dienone is 4. The number of hydrogen-bond acceptors (Lipinski definition) is 1. The van der Waals surface area contributed by atoms with E-state index < -0.39 is 0 Å². The Kier molecular flexibility index (Phi) is 4.43. The van der Waals surface area contributed by atoms with Crippen molar-refractivity contribution in [3.05, 3.63) is 24.3 Å². The first-order chi connectivity index (χ1) is 5.89. The van der Waals surface area contributed by atoms with Gasteiger partial charge in [-0.2, -0.15) is 0 Å². The van der Waals surface area contributed by atoms with Crippen molar-refractivity contribution in [3.8, 4) is 0 Å². The van der Waals surface area contributed by atoms with Gasteiger partial charge in [-0.25, -0.2) is 0 Å². The second kappa shape index (κ2) is 5.76. The van der Waals surface area contributed by atoms with E-state index in [4.69, 9.17) is 0 Å². The molecular weight excluding hydrogens is 148 g/mol. The highest BCUT2D eigenvalue weighted by atomic mass is 16.1. The monoisotopic (exact) mass is 164 g/mol. The summed E-state index contributed by atoms with van der Waals surface area (Å²) >= 11 is 0. The van der Waals surface area contributed by atoms with Crippen molar-refractivity contribution in [3.63, 3.8) is 0 Å². The van der Waals surface area contributed by atoms with E-state index in [1.165, 1.54) is 19.3 Å². The number of rotatable bonds is 0. The maximum Gasteiger partial charge on any atom is 0.155 e. The van der Waals surface area contributed by atoms with Crippen LogP contribution in [-0.4, -0.2) is 5.78 Å². The smallest absolute Gasteiger partial charge is 0.155 e. The quantitative estimate of drug-likeness (QED) is 0.503. The van der Waals surface area contributed by atoms with E-state index in [-0.39, 0.29) is 5.78 Å². The summed E-state index contributed by atoms with van der Waals surface area (Å²) in [6.07, 6.45) is 14.3. The molecule has 0 heterocycles. The van der Waals surface area contributed by atoms with Gasteiger partial charge in [-0.1, -0.05) is 18.2 Å². The minimum atomic E-state index is 0.265. The van der Waals surface area contributed by atoms with E-state index in [1.54, 1.807) is 6.08 Å². The van der Waals surface area contributed by atoms with Crippen LogP contribution in [0.3, 0.4) is 0 Å². The molecule has 0 saturated heterocycles. The maximum absolute atomic E-state index is 11.1. The van der Waals surface area contributed by atoms with E-state index in [1.807, 2.05) is 6.08 Å². The number of carbonyl (C=O) groups excluding carboxylic acids is 1. The molecule has 1 rings (SSSR count). The van der Waals surface area contributed by atoms with Gasteiger partial charge in [0.2, 0.25) is 0 Å². The Balaban J connectivity index is 2.39. The molecule has 0 unspecified atom stereocenters. The van der Waals surface area contributed by atoms with Crippen LogP contribution in [0.4, 0.5) is 0 Å². The van der Waals surface area contributed by atoms with Gasteiger partial charge in [0.05, 0.1) is 0 Å². The molecule has 0 aliphatic heterocycles. The second-order valence-electron chi connectivity index (χ2n) is 3.16. The summed E-state index contributed by atoms with van der Waals surface area (Å²) in [6, 6.07) is 0. The van der Waals surface area contributed by atoms with Crippen molar-refractivity contribution in [2.45, 2.75) is 38.5 Å². The molecule has 1 nitrogen and oxygen atoms in total. The standard InChI is InChI=1S/C11H16O/c12-11-9-7-5-3-1-2-4-6-8-10-11/h3,5,8,10H,1-2,4,6-7,9H2/b5-3-,10-8-. The first kappa shape index (κ1) is 9.24. The van der Waals surface area contributed by atoms with Gasteiger partial charge in [0.25, 0.3) is 0 Å². The van der Waals surface area contributed by atoms with Gasteiger partial charge in [0, 0.05) is 6.42 Å². The summed E-state index contributed by atoms with van der Waals surface area (Å²) in [7, 11) is 0. The molecule has 1 aliphatic rings. The fourth-order valence-electron chi connectivity index (χ4n) is 1.28. The van der Waals surface area contributed by atoms with Gasteiger partial charge in [0.15, 0.2) is 5.78 Å². The molecule has 0 fully saturated rings. The van der Waals surface area contributed by atoms with Gasteiger partial charge in [0.1, 0.15) is 0 Å². The van der Waals surface area contributed by atoms with Crippen molar-refractivity contribution >= 4 is 5.78 Å².